The first kappa shape index (κ1) is 25.5. The minimum atomic E-state index is -0.891. The molecular weight excluding hydrogens is 406 g/mol. The molecule has 0 aliphatic heterocycles. The fourth-order valence-electron chi connectivity index (χ4n) is 5.92. The molecule has 0 saturated heterocycles. The maximum absolute atomic E-state index is 14.2. The lowest BCUT2D eigenvalue weighted by molar-refractivity contribution is 0.0657. The molecule has 0 amide bonds. The summed E-state index contributed by atoms with van der Waals surface area (Å²) in [7, 11) is 0. The van der Waals surface area contributed by atoms with Crippen molar-refractivity contribution in [2.75, 3.05) is 19.8 Å². The zero-order chi connectivity index (χ0) is 22.8. The van der Waals surface area contributed by atoms with Crippen LogP contribution >= 0.6 is 0 Å². The number of benzene rings is 1. The molecule has 0 aromatic heterocycles. The molecule has 2 fully saturated rings. The summed E-state index contributed by atoms with van der Waals surface area (Å²) in [4.78, 5) is 0. The Bertz CT molecular complexity index is 662. The van der Waals surface area contributed by atoms with Crippen molar-refractivity contribution in [3.8, 4) is 5.75 Å². The molecule has 0 heterocycles. The number of hydrogen-bond donors (Lipinski definition) is 0. The van der Waals surface area contributed by atoms with Crippen molar-refractivity contribution in [3.05, 3.63) is 29.3 Å². The molecule has 0 atom stereocenters. The second kappa shape index (κ2) is 13.5. The Morgan fingerprint density at radius 1 is 0.812 bits per heavy atom. The van der Waals surface area contributed by atoms with E-state index in [9.17, 15) is 8.78 Å². The first-order valence-corrected chi connectivity index (χ1v) is 13.3. The molecule has 2 saturated carbocycles. The Kier molecular flexibility index (Phi) is 10.8. The highest BCUT2D eigenvalue weighted by molar-refractivity contribution is 5.31. The van der Waals surface area contributed by atoms with Gasteiger partial charge in [0.05, 0.1) is 13.2 Å². The molecule has 1 aromatic rings. The summed E-state index contributed by atoms with van der Waals surface area (Å²) < 4.78 is 39.1. The van der Waals surface area contributed by atoms with E-state index in [2.05, 4.69) is 6.92 Å². The maximum atomic E-state index is 14.2. The average Bonchev–Trinajstić information content (AvgIpc) is 2.82. The summed E-state index contributed by atoms with van der Waals surface area (Å²) in [6, 6.07) is 3.12. The Labute approximate surface area is 194 Å². The molecule has 0 radical (unpaired) electrons. The smallest absolute Gasteiger partial charge is 0.200 e. The monoisotopic (exact) mass is 450 g/mol. The van der Waals surface area contributed by atoms with E-state index in [0.29, 0.717) is 31.1 Å². The van der Waals surface area contributed by atoms with Crippen LogP contribution in [0.1, 0.15) is 96.5 Å². The van der Waals surface area contributed by atoms with E-state index in [0.717, 1.165) is 24.4 Å². The largest absolute Gasteiger partial charge is 0.491 e. The minimum absolute atomic E-state index is 0.0172. The third-order valence-electron chi connectivity index (χ3n) is 7.96. The van der Waals surface area contributed by atoms with Crippen LogP contribution in [0.3, 0.4) is 0 Å². The van der Waals surface area contributed by atoms with Crippen molar-refractivity contribution in [1.82, 2.24) is 0 Å². The van der Waals surface area contributed by atoms with Gasteiger partial charge in [0.25, 0.3) is 0 Å². The zero-order valence-corrected chi connectivity index (χ0v) is 20.4. The van der Waals surface area contributed by atoms with Crippen LogP contribution < -0.4 is 4.74 Å². The van der Waals surface area contributed by atoms with Crippen LogP contribution in [-0.4, -0.2) is 19.8 Å². The quantitative estimate of drug-likeness (QED) is 0.299. The summed E-state index contributed by atoms with van der Waals surface area (Å²) in [6.07, 6.45) is 17.0. The summed E-state index contributed by atoms with van der Waals surface area (Å²) in [5, 5.41) is 0. The number of hydrogen-bond acceptors (Lipinski definition) is 2. The zero-order valence-electron chi connectivity index (χ0n) is 20.4. The summed E-state index contributed by atoms with van der Waals surface area (Å²) in [6.45, 7) is 5.55. The van der Waals surface area contributed by atoms with Gasteiger partial charge in [-0.25, -0.2) is 4.39 Å². The van der Waals surface area contributed by atoms with Gasteiger partial charge in [-0.15, -0.1) is 0 Å². The van der Waals surface area contributed by atoms with E-state index in [-0.39, 0.29) is 5.75 Å². The van der Waals surface area contributed by atoms with E-state index in [1.54, 1.807) is 13.0 Å². The highest BCUT2D eigenvalue weighted by Crippen LogP contribution is 2.42. The van der Waals surface area contributed by atoms with Crippen LogP contribution in [0.15, 0.2) is 12.1 Å². The second-order valence-electron chi connectivity index (χ2n) is 10.2. The van der Waals surface area contributed by atoms with Crippen molar-refractivity contribution in [1.29, 1.82) is 0 Å². The Morgan fingerprint density at radius 3 is 2.09 bits per heavy atom. The van der Waals surface area contributed by atoms with E-state index < -0.39 is 11.6 Å². The molecule has 0 unspecified atom stereocenters. The summed E-state index contributed by atoms with van der Waals surface area (Å²) >= 11 is 0. The first-order chi connectivity index (χ1) is 15.6. The predicted octanol–water partition coefficient (Wildman–Crippen LogP) is 8.12. The van der Waals surface area contributed by atoms with Crippen LogP contribution in [0.2, 0.25) is 0 Å². The van der Waals surface area contributed by atoms with Gasteiger partial charge in [0.15, 0.2) is 11.6 Å². The van der Waals surface area contributed by atoms with Crippen molar-refractivity contribution < 1.29 is 18.3 Å². The predicted molar refractivity (Wildman–Crippen MR) is 127 cm³/mol. The lowest BCUT2D eigenvalue weighted by Crippen LogP contribution is -2.27. The molecule has 3 rings (SSSR count). The van der Waals surface area contributed by atoms with Gasteiger partial charge in [0.2, 0.25) is 5.82 Å². The van der Waals surface area contributed by atoms with Crippen molar-refractivity contribution in [2.45, 2.75) is 97.3 Å². The minimum Gasteiger partial charge on any atom is -0.491 e. The van der Waals surface area contributed by atoms with Gasteiger partial charge in [-0.05, 0) is 87.2 Å². The molecule has 2 aliphatic rings. The molecule has 2 nitrogen and oxygen atoms in total. The molecule has 2 aliphatic carbocycles. The third-order valence-corrected chi connectivity index (χ3v) is 7.96. The van der Waals surface area contributed by atoms with Crippen molar-refractivity contribution >= 4 is 0 Å². The first-order valence-electron chi connectivity index (χ1n) is 13.3. The van der Waals surface area contributed by atoms with Crippen LogP contribution in [0, 0.1) is 35.3 Å². The topological polar surface area (TPSA) is 18.5 Å². The third kappa shape index (κ3) is 7.43. The fraction of sp³-hybridized carbons (Fsp3) is 0.786. The van der Waals surface area contributed by atoms with E-state index >= 15 is 0 Å². The molecule has 0 N–H and O–H groups in total. The van der Waals surface area contributed by atoms with Crippen LogP contribution in [0.5, 0.6) is 5.75 Å². The molecule has 1 aromatic carbocycles. The highest BCUT2D eigenvalue weighted by Gasteiger charge is 2.30. The number of rotatable bonds is 12. The SMILES string of the molecule is CCCCCC1CCC(C2CCC(COCCc3ccc(OCC)c(F)c3F)CC2)CC1. The van der Waals surface area contributed by atoms with Gasteiger partial charge in [-0.3, -0.25) is 0 Å². The van der Waals surface area contributed by atoms with Gasteiger partial charge in [-0.2, -0.15) is 4.39 Å². The van der Waals surface area contributed by atoms with E-state index in [1.807, 2.05) is 0 Å². The maximum Gasteiger partial charge on any atom is 0.200 e. The normalized spacial score (nSPS) is 26.2. The Balaban J connectivity index is 1.30. The lowest BCUT2D eigenvalue weighted by Gasteiger charge is -2.38. The number of halogens is 2. The molecule has 32 heavy (non-hydrogen) atoms. The van der Waals surface area contributed by atoms with Gasteiger partial charge in [0, 0.05) is 6.61 Å². The Hall–Kier alpha value is -1.16. The van der Waals surface area contributed by atoms with Crippen LogP contribution in [0.25, 0.3) is 0 Å². The number of unbranched alkanes of at least 4 members (excludes halogenated alkanes) is 2. The fourth-order valence-corrected chi connectivity index (χ4v) is 5.92. The second-order valence-corrected chi connectivity index (χ2v) is 10.2. The van der Waals surface area contributed by atoms with E-state index in [4.69, 9.17) is 9.47 Å². The van der Waals surface area contributed by atoms with Gasteiger partial charge in [0.1, 0.15) is 0 Å². The molecule has 4 heteroatoms. The summed E-state index contributed by atoms with van der Waals surface area (Å²) in [5.41, 5.74) is 0.361. The summed E-state index contributed by atoms with van der Waals surface area (Å²) in [5.74, 6) is 1.78. The average molecular weight is 451 g/mol. The molecular formula is C28H44F2O2. The van der Waals surface area contributed by atoms with Crippen LogP contribution in [0.4, 0.5) is 8.78 Å². The van der Waals surface area contributed by atoms with Gasteiger partial charge in [-0.1, -0.05) is 51.5 Å². The molecule has 0 spiro atoms. The lowest BCUT2D eigenvalue weighted by atomic mass is 9.69. The Morgan fingerprint density at radius 2 is 1.47 bits per heavy atom. The van der Waals surface area contributed by atoms with Gasteiger partial charge >= 0.3 is 0 Å². The van der Waals surface area contributed by atoms with Crippen molar-refractivity contribution in [2.24, 2.45) is 23.7 Å². The standard InChI is InChI=1S/C28H44F2O2/c1-3-5-6-7-21-8-12-23(13-9-21)24-14-10-22(11-15-24)20-31-19-18-25-16-17-26(32-4-2)28(30)27(25)29/h16-17,21-24H,3-15,18-20H2,1-2H3. The molecule has 0 bridgehead atoms. The van der Waals surface area contributed by atoms with E-state index in [1.165, 1.54) is 83.1 Å². The van der Waals surface area contributed by atoms with Crippen molar-refractivity contribution in [3.63, 3.8) is 0 Å². The highest BCUT2D eigenvalue weighted by atomic mass is 19.2. The van der Waals surface area contributed by atoms with Crippen LogP contribution in [-0.2, 0) is 11.2 Å². The van der Waals surface area contributed by atoms with Gasteiger partial charge < -0.3 is 9.47 Å². The number of ether oxygens (including phenoxy) is 2. The molecule has 182 valence electrons.